The highest BCUT2D eigenvalue weighted by Crippen LogP contribution is 2.24. The van der Waals surface area contributed by atoms with Crippen molar-refractivity contribution in [1.82, 2.24) is 4.98 Å². The van der Waals surface area contributed by atoms with E-state index in [0.717, 1.165) is 22.0 Å². The number of ether oxygens (including phenoxy) is 1. The maximum atomic E-state index is 12.7. The van der Waals surface area contributed by atoms with Crippen molar-refractivity contribution in [3.63, 3.8) is 0 Å². The molecule has 0 unspecified atom stereocenters. The van der Waals surface area contributed by atoms with Crippen LogP contribution in [0.4, 0.5) is 5.69 Å². The molecule has 3 rings (SSSR count). The number of nitrogens with one attached hydrogen (secondary N) is 1. The van der Waals surface area contributed by atoms with Gasteiger partial charge in [0.1, 0.15) is 0 Å². The number of amides is 1. The first-order valence-corrected chi connectivity index (χ1v) is 8.92. The molecule has 0 bridgehead atoms. The average Bonchev–Trinajstić information content (AvgIpc) is 2.67. The lowest BCUT2D eigenvalue weighted by Gasteiger charge is -2.13. The summed E-state index contributed by atoms with van der Waals surface area (Å²) >= 11 is 0. The summed E-state index contributed by atoms with van der Waals surface area (Å²) in [5.41, 5.74) is 4.44. The molecular formula is C22H22N2O3. The van der Waals surface area contributed by atoms with Gasteiger partial charge in [0.15, 0.2) is 6.61 Å². The zero-order valence-corrected chi connectivity index (χ0v) is 15.7. The van der Waals surface area contributed by atoms with Crippen molar-refractivity contribution in [2.24, 2.45) is 0 Å². The van der Waals surface area contributed by atoms with Gasteiger partial charge in [-0.05, 0) is 43.5 Å². The van der Waals surface area contributed by atoms with Crippen LogP contribution in [0.3, 0.4) is 0 Å². The zero-order valence-electron chi connectivity index (χ0n) is 15.7. The molecule has 0 radical (unpaired) electrons. The summed E-state index contributed by atoms with van der Waals surface area (Å²) in [7, 11) is 0. The first-order valence-electron chi connectivity index (χ1n) is 8.92. The van der Waals surface area contributed by atoms with E-state index in [4.69, 9.17) is 4.74 Å². The number of carbonyl (C=O) groups excluding carboxylic acids is 2. The second-order valence-corrected chi connectivity index (χ2v) is 6.37. The fourth-order valence-corrected chi connectivity index (χ4v) is 3.07. The first-order chi connectivity index (χ1) is 13.0. The smallest absolute Gasteiger partial charge is 0.340 e. The second-order valence-electron chi connectivity index (χ2n) is 6.37. The molecule has 3 aromatic rings. The Bertz CT molecular complexity index is 1010. The molecule has 0 aliphatic carbocycles. The van der Waals surface area contributed by atoms with Crippen molar-refractivity contribution in [3.8, 4) is 0 Å². The number of rotatable bonds is 5. The van der Waals surface area contributed by atoms with Crippen LogP contribution in [-0.4, -0.2) is 23.5 Å². The van der Waals surface area contributed by atoms with E-state index < -0.39 is 5.97 Å². The average molecular weight is 362 g/mol. The lowest BCUT2D eigenvalue weighted by molar-refractivity contribution is -0.119. The van der Waals surface area contributed by atoms with Crippen molar-refractivity contribution >= 4 is 28.5 Å². The number of pyridine rings is 1. The maximum absolute atomic E-state index is 12.7. The van der Waals surface area contributed by atoms with Gasteiger partial charge in [-0.2, -0.15) is 0 Å². The van der Waals surface area contributed by atoms with Crippen LogP contribution < -0.4 is 5.32 Å². The number of hydrogen-bond donors (Lipinski definition) is 1. The van der Waals surface area contributed by atoms with Gasteiger partial charge in [-0.3, -0.25) is 9.78 Å². The molecule has 27 heavy (non-hydrogen) atoms. The number of nitrogens with zero attached hydrogens (tertiary/aromatic N) is 1. The van der Waals surface area contributed by atoms with E-state index in [1.165, 1.54) is 0 Å². The number of fused-ring (bicyclic) bond motifs is 1. The number of esters is 1. The molecule has 0 aliphatic heterocycles. The van der Waals surface area contributed by atoms with Crippen molar-refractivity contribution in [2.45, 2.75) is 27.2 Å². The van der Waals surface area contributed by atoms with Gasteiger partial charge in [0.25, 0.3) is 5.91 Å². The largest absolute Gasteiger partial charge is 0.452 e. The molecule has 0 saturated heterocycles. The number of hydrogen-bond acceptors (Lipinski definition) is 4. The molecule has 0 fully saturated rings. The molecule has 0 atom stereocenters. The fourth-order valence-electron chi connectivity index (χ4n) is 3.07. The van der Waals surface area contributed by atoms with Crippen LogP contribution in [0.2, 0.25) is 0 Å². The Morgan fingerprint density at radius 3 is 2.48 bits per heavy atom. The van der Waals surface area contributed by atoms with Gasteiger partial charge in [0, 0.05) is 11.1 Å². The van der Waals surface area contributed by atoms with E-state index >= 15 is 0 Å². The van der Waals surface area contributed by atoms with Crippen LogP contribution in [0.15, 0.2) is 48.5 Å². The Balaban J connectivity index is 1.77. The molecule has 1 amide bonds. The summed E-state index contributed by atoms with van der Waals surface area (Å²) in [4.78, 5) is 29.4. The highest BCUT2D eigenvalue weighted by molar-refractivity contribution is 6.00. The highest BCUT2D eigenvalue weighted by atomic mass is 16.5. The zero-order chi connectivity index (χ0) is 19.4. The van der Waals surface area contributed by atoms with Crippen LogP contribution in [-0.2, 0) is 16.0 Å². The summed E-state index contributed by atoms with van der Waals surface area (Å²) < 4.78 is 5.28. The Morgan fingerprint density at radius 1 is 1.04 bits per heavy atom. The van der Waals surface area contributed by atoms with E-state index in [1.807, 2.05) is 69.3 Å². The first kappa shape index (κ1) is 18.6. The van der Waals surface area contributed by atoms with Crippen LogP contribution in [0.5, 0.6) is 0 Å². The summed E-state index contributed by atoms with van der Waals surface area (Å²) in [5, 5.41) is 3.67. The summed E-state index contributed by atoms with van der Waals surface area (Å²) in [5.74, 6) is -0.898. The van der Waals surface area contributed by atoms with Crippen LogP contribution >= 0.6 is 0 Å². The highest BCUT2D eigenvalue weighted by Gasteiger charge is 2.20. The minimum absolute atomic E-state index is 0.345. The number of benzene rings is 2. The monoisotopic (exact) mass is 362 g/mol. The predicted octanol–water partition coefficient (Wildman–Crippen LogP) is 4.21. The third-order valence-corrected chi connectivity index (χ3v) is 4.52. The molecule has 1 N–H and O–H groups in total. The predicted molar refractivity (Wildman–Crippen MR) is 106 cm³/mol. The minimum atomic E-state index is -0.525. The molecule has 138 valence electrons. The number of carbonyl (C=O) groups is 2. The Kier molecular flexibility index (Phi) is 5.50. The van der Waals surface area contributed by atoms with Crippen molar-refractivity contribution in [1.29, 1.82) is 0 Å². The van der Waals surface area contributed by atoms with Crippen molar-refractivity contribution in [2.75, 3.05) is 11.9 Å². The quantitative estimate of drug-likeness (QED) is 0.691. The van der Waals surface area contributed by atoms with Crippen LogP contribution in [0.1, 0.15) is 34.1 Å². The molecule has 0 aliphatic rings. The third-order valence-electron chi connectivity index (χ3n) is 4.52. The van der Waals surface area contributed by atoms with Gasteiger partial charge in [-0.1, -0.05) is 43.3 Å². The van der Waals surface area contributed by atoms with Gasteiger partial charge < -0.3 is 10.1 Å². The molecule has 5 heteroatoms. The lowest BCUT2D eigenvalue weighted by atomic mass is 10.0. The maximum Gasteiger partial charge on any atom is 0.340 e. The van der Waals surface area contributed by atoms with Gasteiger partial charge in [-0.25, -0.2) is 4.79 Å². The van der Waals surface area contributed by atoms with E-state index in [9.17, 15) is 9.59 Å². The van der Waals surface area contributed by atoms with E-state index in [2.05, 4.69) is 10.3 Å². The fraction of sp³-hybridized carbons (Fsp3) is 0.227. The normalized spacial score (nSPS) is 10.6. The molecule has 1 aromatic heterocycles. The lowest BCUT2D eigenvalue weighted by Crippen LogP contribution is -2.22. The topological polar surface area (TPSA) is 68.3 Å². The summed E-state index contributed by atoms with van der Waals surface area (Å²) in [6, 6.07) is 15.1. The molecular weight excluding hydrogens is 340 g/mol. The van der Waals surface area contributed by atoms with E-state index in [1.54, 1.807) is 0 Å². The van der Waals surface area contributed by atoms with E-state index in [0.29, 0.717) is 23.4 Å². The van der Waals surface area contributed by atoms with Crippen molar-refractivity contribution in [3.05, 3.63) is 70.9 Å². The third kappa shape index (κ3) is 3.97. The minimum Gasteiger partial charge on any atom is -0.452 e. The molecule has 1 heterocycles. The van der Waals surface area contributed by atoms with Crippen LogP contribution in [0, 0.1) is 13.8 Å². The molecule has 2 aromatic carbocycles. The molecule has 0 saturated carbocycles. The standard InChI is InChI=1S/C22H22N2O3/c1-4-17-21(15(3)16-10-6-8-12-19(16)23-17)22(26)27-13-20(25)24-18-11-7-5-9-14(18)2/h5-12H,4,13H2,1-3H3,(H,24,25). The Hall–Kier alpha value is -3.21. The molecule has 0 spiro atoms. The summed E-state index contributed by atoms with van der Waals surface area (Å²) in [6.45, 7) is 5.38. The molecule has 5 nitrogen and oxygen atoms in total. The Labute approximate surface area is 158 Å². The Morgan fingerprint density at radius 2 is 1.74 bits per heavy atom. The van der Waals surface area contributed by atoms with Gasteiger partial charge in [0.2, 0.25) is 0 Å². The summed E-state index contributed by atoms with van der Waals surface area (Å²) in [6.07, 6.45) is 0.603. The van der Waals surface area contributed by atoms with Crippen LogP contribution in [0.25, 0.3) is 10.9 Å². The van der Waals surface area contributed by atoms with Gasteiger partial charge in [-0.15, -0.1) is 0 Å². The number of para-hydroxylation sites is 2. The van der Waals surface area contributed by atoms with Crippen molar-refractivity contribution < 1.29 is 14.3 Å². The van der Waals surface area contributed by atoms with Gasteiger partial charge >= 0.3 is 5.97 Å². The number of anilines is 1. The second kappa shape index (κ2) is 7.99. The van der Waals surface area contributed by atoms with Gasteiger partial charge in [0.05, 0.1) is 16.8 Å². The van der Waals surface area contributed by atoms with E-state index in [-0.39, 0.29) is 12.5 Å². The number of aromatic nitrogens is 1. The SMILES string of the molecule is CCc1nc2ccccc2c(C)c1C(=O)OCC(=O)Nc1ccccc1C. The number of aryl methyl sites for hydroxylation is 3.